The van der Waals surface area contributed by atoms with Crippen molar-refractivity contribution in [1.29, 1.82) is 0 Å². The minimum Gasteiger partial charge on any atom is -0.482 e. The van der Waals surface area contributed by atoms with Crippen LogP contribution in [-0.2, 0) is 9.59 Å². The van der Waals surface area contributed by atoms with Crippen LogP contribution in [0.1, 0.15) is 6.42 Å². The lowest BCUT2D eigenvalue weighted by Gasteiger charge is -2.22. The number of anilines is 2. The van der Waals surface area contributed by atoms with Crippen LogP contribution in [0.3, 0.4) is 0 Å². The van der Waals surface area contributed by atoms with Crippen LogP contribution in [-0.4, -0.2) is 31.5 Å². The molecule has 0 aliphatic carbocycles. The van der Waals surface area contributed by atoms with Crippen molar-refractivity contribution in [3.8, 4) is 5.75 Å². The van der Waals surface area contributed by atoms with Gasteiger partial charge in [0.2, 0.25) is 5.91 Å². The van der Waals surface area contributed by atoms with Gasteiger partial charge >= 0.3 is 0 Å². The molecule has 1 unspecified atom stereocenters. The molecule has 0 radical (unpaired) electrons. The minimum atomic E-state index is -0.183. The second kappa shape index (κ2) is 4.55. The summed E-state index contributed by atoms with van der Waals surface area (Å²) in [5.74, 6) is 0.718. The molecule has 1 aromatic rings. The molecular formula is C13H15N3O3. The first kappa shape index (κ1) is 12.0. The molecule has 6 nitrogen and oxygen atoms in total. The van der Waals surface area contributed by atoms with E-state index in [1.54, 1.807) is 17.0 Å². The van der Waals surface area contributed by atoms with E-state index in [1.165, 1.54) is 0 Å². The van der Waals surface area contributed by atoms with Gasteiger partial charge in [-0.05, 0) is 30.7 Å². The third-order valence-electron chi connectivity index (χ3n) is 3.45. The topological polar surface area (TPSA) is 84.7 Å². The Labute approximate surface area is 110 Å². The summed E-state index contributed by atoms with van der Waals surface area (Å²) in [7, 11) is 0. The van der Waals surface area contributed by atoms with Gasteiger partial charge in [-0.3, -0.25) is 9.59 Å². The highest BCUT2D eigenvalue weighted by Crippen LogP contribution is 2.34. The fraction of sp³-hybridized carbons (Fsp3) is 0.385. The van der Waals surface area contributed by atoms with Crippen molar-refractivity contribution < 1.29 is 14.3 Å². The van der Waals surface area contributed by atoms with E-state index in [0.717, 1.165) is 5.69 Å². The summed E-state index contributed by atoms with van der Waals surface area (Å²) in [6.45, 7) is 1.17. The number of carbonyl (C=O) groups is 2. The highest BCUT2D eigenvalue weighted by Gasteiger charge is 2.30. The molecule has 2 aliphatic heterocycles. The van der Waals surface area contributed by atoms with Crippen molar-refractivity contribution in [3.05, 3.63) is 18.2 Å². The summed E-state index contributed by atoms with van der Waals surface area (Å²) in [6.07, 6.45) is 0.483. The molecule has 2 heterocycles. The first-order valence-corrected chi connectivity index (χ1v) is 6.24. The van der Waals surface area contributed by atoms with Crippen molar-refractivity contribution in [2.45, 2.75) is 6.42 Å². The van der Waals surface area contributed by atoms with Crippen molar-refractivity contribution in [3.63, 3.8) is 0 Å². The van der Waals surface area contributed by atoms with Crippen LogP contribution < -0.4 is 20.7 Å². The van der Waals surface area contributed by atoms with Crippen molar-refractivity contribution in [2.24, 2.45) is 11.7 Å². The summed E-state index contributed by atoms with van der Waals surface area (Å²) >= 11 is 0. The Morgan fingerprint density at radius 2 is 2.26 bits per heavy atom. The fourth-order valence-electron chi connectivity index (χ4n) is 2.43. The van der Waals surface area contributed by atoms with Crippen molar-refractivity contribution in [1.82, 2.24) is 0 Å². The van der Waals surface area contributed by atoms with E-state index in [4.69, 9.17) is 10.5 Å². The number of amides is 2. The molecule has 3 N–H and O–H groups in total. The van der Waals surface area contributed by atoms with E-state index in [9.17, 15) is 9.59 Å². The minimum absolute atomic E-state index is 0.0320. The second-order valence-corrected chi connectivity index (χ2v) is 4.83. The molecule has 0 spiro atoms. The number of hydrogen-bond donors (Lipinski definition) is 2. The van der Waals surface area contributed by atoms with E-state index in [2.05, 4.69) is 5.32 Å². The Hall–Kier alpha value is -2.08. The van der Waals surface area contributed by atoms with Gasteiger partial charge in [-0.15, -0.1) is 0 Å². The molecule has 2 amide bonds. The number of ether oxygens (including phenoxy) is 1. The van der Waals surface area contributed by atoms with Crippen LogP contribution in [0.25, 0.3) is 0 Å². The quantitative estimate of drug-likeness (QED) is 0.803. The molecular weight excluding hydrogens is 246 g/mol. The number of fused-ring (bicyclic) bond motifs is 1. The first-order valence-electron chi connectivity index (χ1n) is 6.24. The highest BCUT2D eigenvalue weighted by atomic mass is 16.5. The predicted molar refractivity (Wildman–Crippen MR) is 70.1 cm³/mol. The molecule has 0 saturated carbocycles. The number of carbonyl (C=O) groups excluding carboxylic acids is 2. The molecule has 2 aliphatic rings. The SMILES string of the molecule is NCC1CC(=O)N(c2ccc3c(c2)NC(=O)CO3)C1. The Bertz CT molecular complexity index is 544. The summed E-state index contributed by atoms with van der Waals surface area (Å²) in [5.41, 5.74) is 6.99. The third kappa shape index (κ3) is 2.15. The smallest absolute Gasteiger partial charge is 0.262 e. The average molecular weight is 261 g/mol. The zero-order chi connectivity index (χ0) is 13.4. The Balaban J connectivity index is 1.88. The van der Waals surface area contributed by atoms with Gasteiger partial charge in [-0.25, -0.2) is 0 Å². The van der Waals surface area contributed by atoms with Gasteiger partial charge in [-0.1, -0.05) is 0 Å². The van der Waals surface area contributed by atoms with Gasteiger partial charge < -0.3 is 20.7 Å². The number of nitrogens with zero attached hydrogens (tertiary/aromatic N) is 1. The molecule has 19 heavy (non-hydrogen) atoms. The molecule has 1 aromatic carbocycles. The summed E-state index contributed by atoms with van der Waals surface area (Å²) in [5, 5.41) is 2.74. The van der Waals surface area contributed by atoms with Gasteiger partial charge in [0, 0.05) is 18.7 Å². The zero-order valence-corrected chi connectivity index (χ0v) is 10.4. The normalized spacial score (nSPS) is 21.9. The van der Waals surface area contributed by atoms with Crippen LogP contribution >= 0.6 is 0 Å². The molecule has 0 aromatic heterocycles. The molecule has 6 heteroatoms. The maximum absolute atomic E-state index is 11.9. The van der Waals surface area contributed by atoms with Gasteiger partial charge in [-0.2, -0.15) is 0 Å². The Morgan fingerprint density at radius 1 is 1.42 bits per heavy atom. The summed E-state index contributed by atoms with van der Waals surface area (Å²) in [6, 6.07) is 5.36. The van der Waals surface area contributed by atoms with E-state index in [-0.39, 0.29) is 24.3 Å². The molecule has 100 valence electrons. The van der Waals surface area contributed by atoms with Gasteiger partial charge in [0.25, 0.3) is 5.91 Å². The lowest BCUT2D eigenvalue weighted by Crippen LogP contribution is -2.28. The van der Waals surface area contributed by atoms with Crippen LogP contribution in [0.2, 0.25) is 0 Å². The number of nitrogens with one attached hydrogen (secondary N) is 1. The zero-order valence-electron chi connectivity index (χ0n) is 10.4. The Morgan fingerprint density at radius 3 is 3.00 bits per heavy atom. The third-order valence-corrected chi connectivity index (χ3v) is 3.45. The van der Waals surface area contributed by atoms with Crippen LogP contribution in [0.5, 0.6) is 5.75 Å². The van der Waals surface area contributed by atoms with Gasteiger partial charge in [0.1, 0.15) is 5.75 Å². The van der Waals surface area contributed by atoms with E-state index in [0.29, 0.717) is 30.9 Å². The average Bonchev–Trinajstić information content (AvgIpc) is 2.79. The maximum atomic E-state index is 11.9. The first-order chi connectivity index (χ1) is 9.17. The summed E-state index contributed by atoms with van der Waals surface area (Å²) < 4.78 is 5.29. The number of benzene rings is 1. The van der Waals surface area contributed by atoms with Crippen LogP contribution in [0, 0.1) is 5.92 Å². The predicted octanol–water partition coefficient (Wildman–Crippen LogP) is 0.329. The standard InChI is InChI=1S/C13H15N3O3/c14-5-8-3-13(18)16(6-8)9-1-2-11-10(4-9)15-12(17)7-19-11/h1-2,4,8H,3,5-7,14H2,(H,15,17). The maximum Gasteiger partial charge on any atom is 0.262 e. The lowest BCUT2D eigenvalue weighted by molar-refractivity contribution is -0.118. The largest absolute Gasteiger partial charge is 0.482 e. The molecule has 1 atom stereocenters. The van der Waals surface area contributed by atoms with Gasteiger partial charge in [0.05, 0.1) is 5.69 Å². The number of rotatable bonds is 2. The molecule has 3 rings (SSSR count). The van der Waals surface area contributed by atoms with Crippen LogP contribution in [0.15, 0.2) is 18.2 Å². The Kier molecular flexibility index (Phi) is 2.87. The molecule has 1 fully saturated rings. The lowest BCUT2D eigenvalue weighted by atomic mass is 10.1. The second-order valence-electron chi connectivity index (χ2n) is 4.83. The van der Waals surface area contributed by atoms with E-state index >= 15 is 0 Å². The van der Waals surface area contributed by atoms with E-state index < -0.39 is 0 Å². The van der Waals surface area contributed by atoms with Crippen LogP contribution in [0.4, 0.5) is 11.4 Å². The number of nitrogens with two attached hydrogens (primary N) is 1. The molecule has 0 bridgehead atoms. The van der Waals surface area contributed by atoms with Crippen molar-refractivity contribution in [2.75, 3.05) is 29.9 Å². The van der Waals surface area contributed by atoms with E-state index in [1.807, 2.05) is 6.07 Å². The summed E-state index contributed by atoms with van der Waals surface area (Å²) in [4.78, 5) is 24.9. The fourth-order valence-corrected chi connectivity index (χ4v) is 2.43. The van der Waals surface area contributed by atoms with Crippen molar-refractivity contribution >= 4 is 23.2 Å². The number of hydrogen-bond acceptors (Lipinski definition) is 4. The van der Waals surface area contributed by atoms with Gasteiger partial charge in [0.15, 0.2) is 6.61 Å². The molecule has 1 saturated heterocycles. The monoisotopic (exact) mass is 261 g/mol. The highest BCUT2D eigenvalue weighted by molar-refractivity contribution is 5.99.